The Bertz CT molecular complexity index is 1720. The van der Waals surface area contributed by atoms with Crippen molar-refractivity contribution in [3.8, 4) is 17.2 Å². The summed E-state index contributed by atoms with van der Waals surface area (Å²) in [6.07, 6.45) is 0.392. The van der Waals surface area contributed by atoms with Gasteiger partial charge in [0.2, 0.25) is 6.79 Å². The van der Waals surface area contributed by atoms with Crippen LogP contribution in [0.25, 0.3) is 11.0 Å². The number of fused-ring (bicyclic) bond motifs is 2. The Balaban J connectivity index is 1.20. The highest BCUT2D eigenvalue weighted by Gasteiger charge is 2.25. The summed E-state index contributed by atoms with van der Waals surface area (Å²) < 4.78 is 31.4. The molecule has 1 aliphatic rings. The molecule has 0 spiro atoms. The summed E-state index contributed by atoms with van der Waals surface area (Å²) in [7, 11) is 1.26. The molecule has 12 heteroatoms. The molecule has 0 bridgehead atoms. The summed E-state index contributed by atoms with van der Waals surface area (Å²) in [5.74, 6) is -0.465. The zero-order chi connectivity index (χ0) is 29.1. The second kappa shape index (κ2) is 11.7. The normalized spacial score (nSPS) is 11.8. The lowest BCUT2D eigenvalue weighted by atomic mass is 10.0. The molecule has 0 atom stereocenters. The van der Waals surface area contributed by atoms with E-state index in [4.69, 9.17) is 28.1 Å². The molecule has 0 unspecified atom stereocenters. The van der Waals surface area contributed by atoms with Crippen LogP contribution in [0.3, 0.4) is 0 Å². The molecule has 0 saturated heterocycles. The van der Waals surface area contributed by atoms with Gasteiger partial charge in [0.25, 0.3) is 5.91 Å². The first kappa shape index (κ1) is 27.7. The number of rotatable bonds is 9. The van der Waals surface area contributed by atoms with Gasteiger partial charge >= 0.3 is 17.6 Å². The van der Waals surface area contributed by atoms with Gasteiger partial charge in [0.1, 0.15) is 16.3 Å². The molecule has 4 aromatic rings. The molecule has 41 heavy (non-hydrogen) atoms. The van der Waals surface area contributed by atoms with Gasteiger partial charge in [-0.25, -0.2) is 14.4 Å². The maximum Gasteiger partial charge on any atom is 0.344 e. The molecular formula is C29H25NO10S. The minimum Gasteiger partial charge on any atom is -0.482 e. The molecule has 0 aliphatic carbocycles. The number of carbonyl (C=O) groups excluding carboxylic acids is 3. The first-order valence-corrected chi connectivity index (χ1v) is 13.3. The number of amides is 1. The Morgan fingerprint density at radius 3 is 2.61 bits per heavy atom. The number of hydrogen-bond donors (Lipinski definition) is 1. The van der Waals surface area contributed by atoms with E-state index in [0.717, 1.165) is 21.4 Å². The minimum absolute atomic E-state index is 0.152. The van der Waals surface area contributed by atoms with Crippen molar-refractivity contribution < 1.29 is 42.5 Å². The highest BCUT2D eigenvalue weighted by molar-refractivity contribution is 7.16. The number of ether oxygens (including phenoxy) is 5. The minimum atomic E-state index is -0.787. The van der Waals surface area contributed by atoms with E-state index in [2.05, 4.69) is 5.32 Å². The van der Waals surface area contributed by atoms with Gasteiger partial charge in [-0.05, 0) is 61.2 Å². The van der Waals surface area contributed by atoms with Crippen molar-refractivity contribution >= 4 is 45.2 Å². The topological polar surface area (TPSA) is 140 Å². The first-order chi connectivity index (χ1) is 19.7. The average molecular weight is 580 g/mol. The Kier molecular flexibility index (Phi) is 7.92. The van der Waals surface area contributed by atoms with Crippen LogP contribution in [0.2, 0.25) is 0 Å². The van der Waals surface area contributed by atoms with Crippen molar-refractivity contribution in [3.05, 3.63) is 80.0 Å². The zero-order valence-corrected chi connectivity index (χ0v) is 23.2. The molecule has 5 rings (SSSR count). The van der Waals surface area contributed by atoms with Crippen molar-refractivity contribution in [3.63, 3.8) is 0 Å². The summed E-state index contributed by atoms with van der Waals surface area (Å²) >= 11 is 1.22. The van der Waals surface area contributed by atoms with Gasteiger partial charge in [0, 0.05) is 22.4 Å². The third-order valence-corrected chi connectivity index (χ3v) is 7.38. The summed E-state index contributed by atoms with van der Waals surface area (Å²) in [6.45, 7) is 2.71. The van der Waals surface area contributed by atoms with Crippen LogP contribution in [0.5, 0.6) is 17.2 Å². The quantitative estimate of drug-likeness (QED) is 0.227. The lowest BCUT2D eigenvalue weighted by Crippen LogP contribution is -2.24. The Labute approximate surface area is 237 Å². The van der Waals surface area contributed by atoms with E-state index in [1.807, 2.05) is 19.1 Å². The summed E-state index contributed by atoms with van der Waals surface area (Å²) in [5, 5.41) is 3.68. The highest BCUT2D eigenvalue weighted by Crippen LogP contribution is 2.37. The van der Waals surface area contributed by atoms with E-state index < -0.39 is 36.7 Å². The van der Waals surface area contributed by atoms with E-state index >= 15 is 0 Å². The fourth-order valence-electron chi connectivity index (χ4n) is 4.34. The van der Waals surface area contributed by atoms with Crippen LogP contribution in [0, 0.1) is 13.8 Å². The van der Waals surface area contributed by atoms with Crippen LogP contribution < -0.4 is 25.2 Å². The van der Waals surface area contributed by atoms with Gasteiger partial charge < -0.3 is 33.4 Å². The van der Waals surface area contributed by atoms with Crippen LogP contribution in [0.4, 0.5) is 5.00 Å². The summed E-state index contributed by atoms with van der Waals surface area (Å²) in [4.78, 5) is 50.0. The van der Waals surface area contributed by atoms with Crippen molar-refractivity contribution in [2.75, 3.05) is 32.4 Å². The Morgan fingerprint density at radius 1 is 1.00 bits per heavy atom. The fraction of sp³-hybridized carbons (Fsp3) is 0.241. The molecule has 2 aromatic carbocycles. The van der Waals surface area contributed by atoms with Crippen molar-refractivity contribution in [1.29, 1.82) is 0 Å². The molecule has 1 amide bonds. The lowest BCUT2D eigenvalue weighted by Gasteiger charge is -2.10. The van der Waals surface area contributed by atoms with Crippen LogP contribution in [0.1, 0.15) is 31.9 Å². The van der Waals surface area contributed by atoms with Gasteiger partial charge in [-0.3, -0.25) is 4.79 Å². The number of esters is 2. The number of carbonyl (C=O) groups is 3. The second-order valence-corrected chi connectivity index (χ2v) is 10.3. The number of benzene rings is 2. The van der Waals surface area contributed by atoms with Crippen molar-refractivity contribution in [2.24, 2.45) is 0 Å². The van der Waals surface area contributed by atoms with Crippen LogP contribution >= 0.6 is 11.3 Å². The Morgan fingerprint density at radius 2 is 1.80 bits per heavy atom. The number of hydrogen-bond acceptors (Lipinski definition) is 11. The van der Waals surface area contributed by atoms with Gasteiger partial charge in [-0.1, -0.05) is 6.07 Å². The van der Waals surface area contributed by atoms with E-state index in [0.29, 0.717) is 34.8 Å². The summed E-state index contributed by atoms with van der Waals surface area (Å²) in [5.41, 5.74) is 2.40. The number of nitrogens with one attached hydrogen (secondary N) is 1. The first-order valence-electron chi connectivity index (χ1n) is 12.4. The maximum absolute atomic E-state index is 12.7. The van der Waals surface area contributed by atoms with Gasteiger partial charge in [0.05, 0.1) is 12.7 Å². The lowest BCUT2D eigenvalue weighted by molar-refractivity contribution is -0.149. The van der Waals surface area contributed by atoms with Gasteiger partial charge in [-0.15, -0.1) is 11.3 Å². The van der Waals surface area contributed by atoms with Crippen LogP contribution in [0.15, 0.2) is 51.7 Å². The van der Waals surface area contributed by atoms with Gasteiger partial charge in [-0.2, -0.15) is 0 Å². The van der Waals surface area contributed by atoms with E-state index in [-0.39, 0.29) is 17.4 Å². The maximum atomic E-state index is 12.7. The molecule has 0 saturated carbocycles. The molecule has 0 radical (unpaired) electrons. The van der Waals surface area contributed by atoms with E-state index in [1.165, 1.54) is 30.6 Å². The molecule has 212 valence electrons. The third-order valence-electron chi connectivity index (χ3n) is 6.31. The molecular weight excluding hydrogens is 554 g/mol. The molecule has 1 aliphatic heterocycles. The Hall–Kier alpha value is -4.84. The predicted molar refractivity (Wildman–Crippen MR) is 148 cm³/mol. The average Bonchev–Trinajstić information content (AvgIpc) is 3.53. The van der Waals surface area contributed by atoms with Crippen molar-refractivity contribution in [1.82, 2.24) is 0 Å². The molecule has 0 fully saturated rings. The molecule has 3 heterocycles. The molecule has 1 N–H and O–H groups in total. The third kappa shape index (κ3) is 6.17. The number of thiophene rings is 1. The molecule has 2 aromatic heterocycles. The van der Waals surface area contributed by atoms with E-state index in [9.17, 15) is 19.2 Å². The highest BCUT2D eigenvalue weighted by atomic mass is 32.1. The monoisotopic (exact) mass is 579 g/mol. The summed E-state index contributed by atoms with van der Waals surface area (Å²) in [6, 6.07) is 11.7. The van der Waals surface area contributed by atoms with Gasteiger partial charge in [0.15, 0.2) is 24.7 Å². The number of methoxy groups -OCH3 is 1. The largest absolute Gasteiger partial charge is 0.482 e. The SMILES string of the molecule is COC(=O)c1c(NC(=O)COC(=O)COc2ccc3c(C)cc(=O)oc3c2)sc(C)c1Cc1ccc2c(c1)OCO2. The molecule has 11 nitrogen and oxygen atoms in total. The second-order valence-electron chi connectivity index (χ2n) is 9.10. The van der Waals surface area contributed by atoms with E-state index in [1.54, 1.807) is 25.1 Å². The number of aryl methyl sites for hydroxylation is 2. The zero-order valence-electron chi connectivity index (χ0n) is 22.4. The smallest absolute Gasteiger partial charge is 0.344 e. The predicted octanol–water partition coefficient (Wildman–Crippen LogP) is 4.14. The standard InChI is InChI=1S/C29H25NO10S/c1-15-8-25(32)40-22-11-18(5-6-19(15)22)36-13-26(33)37-12-24(31)30-28-27(29(34)35-3)20(16(2)41-28)9-17-4-7-21-23(10-17)39-14-38-21/h4-8,10-11H,9,12-14H2,1-3H3,(H,30,31). The fourth-order valence-corrected chi connectivity index (χ4v) is 5.42. The van der Waals surface area contributed by atoms with Crippen LogP contribution in [-0.2, 0) is 25.5 Å². The number of anilines is 1. The van der Waals surface area contributed by atoms with Crippen molar-refractivity contribution in [2.45, 2.75) is 20.3 Å². The van der Waals surface area contributed by atoms with Crippen LogP contribution in [-0.4, -0.2) is 45.0 Å².